The zero-order chi connectivity index (χ0) is 21.3. The topological polar surface area (TPSA) is 85.6 Å². The van der Waals surface area contributed by atoms with Gasteiger partial charge in [-0.05, 0) is 31.2 Å². The summed E-state index contributed by atoms with van der Waals surface area (Å²) in [5.41, 5.74) is 0.314. The van der Waals surface area contributed by atoms with E-state index in [0.29, 0.717) is 17.2 Å². The average Bonchev–Trinajstić information content (AvgIpc) is 3.32. The van der Waals surface area contributed by atoms with Gasteiger partial charge in [0.25, 0.3) is 5.91 Å². The zero-order valence-electron chi connectivity index (χ0n) is 15.7. The molecule has 2 aromatic carbocycles. The summed E-state index contributed by atoms with van der Waals surface area (Å²) in [5.74, 6) is 0.656. The van der Waals surface area contributed by atoms with E-state index >= 15 is 0 Å². The smallest absolute Gasteiger partial charge is 0.416 e. The number of rotatable bonds is 5. The molecule has 0 saturated heterocycles. The van der Waals surface area contributed by atoms with Crippen molar-refractivity contribution in [1.29, 1.82) is 0 Å². The Bertz CT molecular complexity index is 1100. The maximum absolute atomic E-state index is 12.9. The van der Waals surface area contributed by atoms with Gasteiger partial charge in [-0.2, -0.15) is 13.2 Å². The third-order valence-electron chi connectivity index (χ3n) is 4.46. The van der Waals surface area contributed by atoms with Gasteiger partial charge in [0, 0.05) is 17.8 Å². The summed E-state index contributed by atoms with van der Waals surface area (Å²) in [4.78, 5) is 12.7. The third kappa shape index (κ3) is 3.88. The van der Waals surface area contributed by atoms with Gasteiger partial charge in [-0.15, -0.1) is 0 Å². The van der Waals surface area contributed by atoms with Crippen molar-refractivity contribution in [3.63, 3.8) is 0 Å². The molecule has 0 fully saturated rings. The van der Waals surface area contributed by atoms with Crippen molar-refractivity contribution in [2.45, 2.75) is 19.6 Å². The van der Waals surface area contributed by atoms with Crippen LogP contribution in [0.2, 0.25) is 0 Å². The number of amides is 1. The maximum atomic E-state index is 12.9. The van der Waals surface area contributed by atoms with E-state index in [1.807, 2.05) is 6.07 Å². The van der Waals surface area contributed by atoms with E-state index < -0.39 is 17.6 Å². The number of nitrogens with one attached hydrogen (secondary N) is 2. The van der Waals surface area contributed by atoms with E-state index in [0.717, 1.165) is 17.7 Å². The largest absolute Gasteiger partial charge is 0.454 e. The van der Waals surface area contributed by atoms with Crippen LogP contribution in [0.15, 0.2) is 47.0 Å². The Morgan fingerprint density at radius 3 is 2.77 bits per heavy atom. The summed E-state index contributed by atoms with van der Waals surface area (Å²) in [6.07, 6.45) is -4.51. The fourth-order valence-electron chi connectivity index (χ4n) is 3.03. The lowest BCUT2D eigenvalue weighted by Gasteiger charge is -2.11. The number of aromatic nitrogens is 1. The molecule has 1 aliphatic rings. The number of nitrogens with zero attached hydrogens (tertiary/aromatic N) is 1. The van der Waals surface area contributed by atoms with Gasteiger partial charge in [-0.3, -0.25) is 4.79 Å². The monoisotopic (exact) mass is 419 g/mol. The lowest BCUT2D eigenvalue weighted by Crippen LogP contribution is -2.15. The molecule has 0 atom stereocenters. The van der Waals surface area contributed by atoms with Crippen molar-refractivity contribution in [3.05, 3.63) is 64.8 Å². The van der Waals surface area contributed by atoms with Crippen molar-refractivity contribution in [2.24, 2.45) is 0 Å². The summed E-state index contributed by atoms with van der Waals surface area (Å²) in [7, 11) is 0. The van der Waals surface area contributed by atoms with Crippen molar-refractivity contribution >= 4 is 17.5 Å². The van der Waals surface area contributed by atoms with Gasteiger partial charge in [0.15, 0.2) is 11.5 Å². The minimum Gasteiger partial charge on any atom is -0.454 e. The Balaban J connectivity index is 1.51. The van der Waals surface area contributed by atoms with Gasteiger partial charge < -0.3 is 24.6 Å². The van der Waals surface area contributed by atoms with Crippen LogP contribution in [0.4, 0.5) is 24.7 Å². The van der Waals surface area contributed by atoms with Crippen molar-refractivity contribution < 1.29 is 32.0 Å². The van der Waals surface area contributed by atoms with Crippen LogP contribution < -0.4 is 20.1 Å². The molecule has 156 valence electrons. The molecule has 0 aliphatic carbocycles. The standard InChI is InChI=1S/C20H16F3N3O4/c1-11-16(18(27)25-14-6-3-5-13(8-14)20(21,22)23)19(30-26-11)24-9-12-4-2-7-15-17(12)29-10-28-15/h2-8,24H,9-10H2,1H3,(H,25,27). The minimum atomic E-state index is -4.51. The molecule has 2 heterocycles. The molecule has 0 saturated carbocycles. The first kappa shape index (κ1) is 19.6. The molecule has 3 aromatic rings. The summed E-state index contributed by atoms with van der Waals surface area (Å²) in [5, 5.41) is 9.22. The molecule has 0 bridgehead atoms. The Labute approximate surface area is 168 Å². The predicted molar refractivity (Wildman–Crippen MR) is 101 cm³/mol. The first-order chi connectivity index (χ1) is 14.3. The molecular formula is C20H16F3N3O4. The Morgan fingerprint density at radius 2 is 1.97 bits per heavy atom. The molecule has 30 heavy (non-hydrogen) atoms. The number of hydrogen-bond acceptors (Lipinski definition) is 6. The van der Waals surface area contributed by atoms with Gasteiger partial charge >= 0.3 is 6.18 Å². The van der Waals surface area contributed by atoms with E-state index in [-0.39, 0.29) is 30.5 Å². The SMILES string of the molecule is Cc1noc(NCc2cccc3c2OCO3)c1C(=O)Nc1cccc(C(F)(F)F)c1. The third-order valence-corrected chi connectivity index (χ3v) is 4.46. The van der Waals surface area contributed by atoms with Crippen molar-refractivity contribution in [2.75, 3.05) is 17.4 Å². The molecular weight excluding hydrogens is 403 g/mol. The second-order valence-electron chi connectivity index (χ2n) is 6.51. The molecule has 10 heteroatoms. The molecule has 2 N–H and O–H groups in total. The minimum absolute atomic E-state index is 0.00722. The van der Waals surface area contributed by atoms with Gasteiger partial charge in [0.2, 0.25) is 12.7 Å². The normalized spacial score (nSPS) is 12.7. The van der Waals surface area contributed by atoms with E-state index in [9.17, 15) is 18.0 Å². The van der Waals surface area contributed by atoms with Crippen LogP contribution in [0.3, 0.4) is 0 Å². The number of para-hydroxylation sites is 1. The predicted octanol–water partition coefficient (Wildman–Crippen LogP) is 4.59. The number of anilines is 2. The van der Waals surface area contributed by atoms with Crippen LogP contribution >= 0.6 is 0 Å². The number of carbonyl (C=O) groups excluding carboxylic acids is 1. The highest BCUT2D eigenvalue weighted by Gasteiger charge is 2.31. The van der Waals surface area contributed by atoms with Crippen molar-refractivity contribution in [3.8, 4) is 11.5 Å². The number of benzene rings is 2. The van der Waals surface area contributed by atoms with Gasteiger partial charge in [0.1, 0.15) is 5.56 Å². The number of ether oxygens (including phenoxy) is 2. The van der Waals surface area contributed by atoms with E-state index in [1.165, 1.54) is 12.1 Å². The van der Waals surface area contributed by atoms with Crippen LogP contribution in [-0.2, 0) is 12.7 Å². The van der Waals surface area contributed by atoms with E-state index in [1.54, 1.807) is 19.1 Å². The maximum Gasteiger partial charge on any atom is 0.416 e. The molecule has 1 amide bonds. The molecule has 7 nitrogen and oxygen atoms in total. The van der Waals surface area contributed by atoms with Crippen LogP contribution in [0.1, 0.15) is 27.2 Å². The van der Waals surface area contributed by atoms with Gasteiger partial charge in [-0.25, -0.2) is 0 Å². The highest BCUT2D eigenvalue weighted by atomic mass is 19.4. The van der Waals surface area contributed by atoms with E-state index in [4.69, 9.17) is 14.0 Å². The average molecular weight is 419 g/mol. The summed E-state index contributed by atoms with van der Waals surface area (Å²) in [6.45, 7) is 1.94. The Hall–Kier alpha value is -3.69. The first-order valence-corrected chi connectivity index (χ1v) is 8.89. The number of hydrogen-bond donors (Lipinski definition) is 2. The second kappa shape index (κ2) is 7.62. The first-order valence-electron chi connectivity index (χ1n) is 8.89. The van der Waals surface area contributed by atoms with Crippen LogP contribution in [0.5, 0.6) is 11.5 Å². The fourth-order valence-corrected chi connectivity index (χ4v) is 3.03. The number of fused-ring (bicyclic) bond motifs is 1. The van der Waals surface area contributed by atoms with Gasteiger partial charge in [-0.1, -0.05) is 23.4 Å². The number of alkyl halides is 3. The number of halogens is 3. The zero-order valence-corrected chi connectivity index (χ0v) is 15.7. The van der Waals surface area contributed by atoms with Crippen molar-refractivity contribution in [1.82, 2.24) is 5.16 Å². The Morgan fingerprint density at radius 1 is 1.17 bits per heavy atom. The molecule has 4 rings (SSSR count). The van der Waals surface area contributed by atoms with Gasteiger partial charge in [0.05, 0.1) is 11.3 Å². The molecule has 0 spiro atoms. The molecule has 0 radical (unpaired) electrons. The van der Waals surface area contributed by atoms with E-state index in [2.05, 4.69) is 15.8 Å². The van der Waals surface area contributed by atoms with Crippen LogP contribution in [0.25, 0.3) is 0 Å². The summed E-state index contributed by atoms with van der Waals surface area (Å²) >= 11 is 0. The molecule has 1 aromatic heterocycles. The number of carbonyl (C=O) groups is 1. The summed E-state index contributed by atoms with van der Waals surface area (Å²) in [6, 6.07) is 9.78. The lowest BCUT2D eigenvalue weighted by atomic mass is 10.1. The Kier molecular flexibility index (Phi) is 4.98. The van der Waals surface area contributed by atoms with Crippen LogP contribution in [0, 0.1) is 6.92 Å². The molecule has 1 aliphatic heterocycles. The lowest BCUT2D eigenvalue weighted by molar-refractivity contribution is -0.137. The van der Waals surface area contributed by atoms with Crippen LogP contribution in [-0.4, -0.2) is 17.9 Å². The molecule has 0 unspecified atom stereocenters. The quantitative estimate of drug-likeness (QED) is 0.629. The fraction of sp³-hybridized carbons (Fsp3) is 0.200. The highest BCUT2D eigenvalue weighted by Crippen LogP contribution is 2.36. The highest BCUT2D eigenvalue weighted by molar-refractivity contribution is 6.08. The summed E-state index contributed by atoms with van der Waals surface area (Å²) < 4.78 is 54.7. The second-order valence-corrected chi connectivity index (χ2v) is 6.51. The number of aryl methyl sites for hydroxylation is 1.